The highest BCUT2D eigenvalue weighted by Gasteiger charge is 2.16. The number of carbonyl (C=O) groups is 1. The van der Waals surface area contributed by atoms with Gasteiger partial charge in [0.1, 0.15) is 6.54 Å². The van der Waals surface area contributed by atoms with Gasteiger partial charge in [-0.25, -0.2) is 4.79 Å². The quantitative estimate of drug-likeness (QED) is 0.746. The minimum atomic E-state index is -0.500. The van der Waals surface area contributed by atoms with E-state index in [1.807, 2.05) is 0 Å². The molecule has 0 aromatic carbocycles. The van der Waals surface area contributed by atoms with E-state index in [4.69, 9.17) is 4.74 Å². The molecule has 0 bridgehead atoms. The Labute approximate surface area is 109 Å². The molecule has 1 aliphatic rings. The lowest BCUT2D eigenvalue weighted by Gasteiger charge is -2.11. The Bertz CT molecular complexity index is 569. The van der Waals surface area contributed by atoms with Gasteiger partial charge in [0.25, 0.3) is 5.56 Å². The molecular formula is C12H17N3O4. The van der Waals surface area contributed by atoms with Crippen molar-refractivity contribution in [3.05, 3.63) is 33.1 Å². The summed E-state index contributed by atoms with van der Waals surface area (Å²) in [5, 5.41) is 2.72. The average Bonchev–Trinajstić information content (AvgIpc) is 2.90. The summed E-state index contributed by atoms with van der Waals surface area (Å²) >= 11 is 0. The maximum absolute atomic E-state index is 11.7. The van der Waals surface area contributed by atoms with Crippen LogP contribution in [0.1, 0.15) is 12.8 Å². The minimum Gasteiger partial charge on any atom is -0.376 e. The molecule has 1 atom stereocenters. The van der Waals surface area contributed by atoms with Gasteiger partial charge in [-0.2, -0.15) is 0 Å². The summed E-state index contributed by atoms with van der Waals surface area (Å²) in [6.07, 6.45) is 3.36. The normalized spacial score (nSPS) is 18.5. The van der Waals surface area contributed by atoms with E-state index in [2.05, 4.69) is 5.32 Å². The Morgan fingerprint density at radius 1 is 1.53 bits per heavy atom. The molecule has 0 spiro atoms. The second kappa shape index (κ2) is 5.83. The SMILES string of the molecule is Cn1c(=O)ccn(CC(=O)NC[C@@H]2CCCO2)c1=O. The van der Waals surface area contributed by atoms with Crippen LogP contribution in [0.15, 0.2) is 21.9 Å². The number of nitrogens with one attached hydrogen (secondary N) is 1. The summed E-state index contributed by atoms with van der Waals surface area (Å²) < 4.78 is 7.55. The summed E-state index contributed by atoms with van der Waals surface area (Å²) in [7, 11) is 1.38. The van der Waals surface area contributed by atoms with Crippen LogP contribution in [0, 0.1) is 0 Å². The van der Waals surface area contributed by atoms with Crippen molar-refractivity contribution >= 4 is 5.91 Å². The molecule has 2 heterocycles. The van der Waals surface area contributed by atoms with Crippen LogP contribution in [0.25, 0.3) is 0 Å². The Hall–Kier alpha value is -1.89. The predicted molar refractivity (Wildman–Crippen MR) is 67.9 cm³/mol. The predicted octanol–water partition coefficient (Wildman–Crippen LogP) is -1.16. The van der Waals surface area contributed by atoms with E-state index in [9.17, 15) is 14.4 Å². The fourth-order valence-electron chi connectivity index (χ4n) is 1.98. The standard InChI is InChI=1S/C12H17N3O4/c1-14-11(17)4-5-15(12(14)18)8-10(16)13-7-9-3-2-6-19-9/h4-5,9H,2-3,6-8H2,1H3,(H,13,16)/t9-/m0/s1. The van der Waals surface area contributed by atoms with Crippen molar-refractivity contribution in [1.82, 2.24) is 14.5 Å². The van der Waals surface area contributed by atoms with E-state index >= 15 is 0 Å². The van der Waals surface area contributed by atoms with Crippen molar-refractivity contribution in [2.24, 2.45) is 7.05 Å². The fourth-order valence-corrected chi connectivity index (χ4v) is 1.98. The topological polar surface area (TPSA) is 82.3 Å². The molecule has 7 heteroatoms. The molecule has 19 heavy (non-hydrogen) atoms. The third-order valence-corrected chi connectivity index (χ3v) is 3.13. The van der Waals surface area contributed by atoms with Gasteiger partial charge < -0.3 is 10.1 Å². The number of rotatable bonds is 4. The summed E-state index contributed by atoms with van der Waals surface area (Å²) in [5.41, 5.74) is -0.888. The van der Waals surface area contributed by atoms with Gasteiger partial charge >= 0.3 is 5.69 Å². The van der Waals surface area contributed by atoms with Gasteiger partial charge in [-0.05, 0) is 12.8 Å². The molecule has 2 rings (SSSR count). The van der Waals surface area contributed by atoms with Crippen LogP contribution < -0.4 is 16.6 Å². The molecule has 1 N–H and O–H groups in total. The van der Waals surface area contributed by atoms with E-state index in [1.54, 1.807) is 0 Å². The third kappa shape index (κ3) is 3.31. The zero-order valence-corrected chi connectivity index (χ0v) is 10.8. The lowest BCUT2D eigenvalue weighted by molar-refractivity contribution is -0.122. The first kappa shape index (κ1) is 13.5. The molecule has 1 aromatic heterocycles. The van der Waals surface area contributed by atoms with Crippen LogP contribution in [0.5, 0.6) is 0 Å². The van der Waals surface area contributed by atoms with Crippen molar-refractivity contribution < 1.29 is 9.53 Å². The monoisotopic (exact) mass is 267 g/mol. The highest BCUT2D eigenvalue weighted by Crippen LogP contribution is 2.10. The number of hydrogen-bond donors (Lipinski definition) is 1. The maximum atomic E-state index is 11.7. The molecule has 104 valence electrons. The molecule has 7 nitrogen and oxygen atoms in total. The van der Waals surface area contributed by atoms with Crippen molar-refractivity contribution in [1.29, 1.82) is 0 Å². The van der Waals surface area contributed by atoms with Crippen LogP contribution in [0.2, 0.25) is 0 Å². The third-order valence-electron chi connectivity index (χ3n) is 3.13. The molecule has 0 radical (unpaired) electrons. The Morgan fingerprint density at radius 3 is 3.00 bits per heavy atom. The Balaban J connectivity index is 1.93. The summed E-state index contributed by atoms with van der Waals surface area (Å²) in [4.78, 5) is 34.6. The van der Waals surface area contributed by atoms with Crippen molar-refractivity contribution in [3.63, 3.8) is 0 Å². The number of ether oxygens (including phenoxy) is 1. The number of nitrogens with zero attached hydrogens (tertiary/aromatic N) is 2. The zero-order valence-electron chi connectivity index (χ0n) is 10.8. The molecule has 0 saturated carbocycles. The van der Waals surface area contributed by atoms with E-state index in [-0.39, 0.29) is 24.1 Å². The van der Waals surface area contributed by atoms with Crippen LogP contribution >= 0.6 is 0 Å². The molecule has 0 unspecified atom stereocenters. The van der Waals surface area contributed by atoms with Gasteiger partial charge in [0.15, 0.2) is 0 Å². The summed E-state index contributed by atoms with van der Waals surface area (Å²) in [5.74, 6) is -0.267. The van der Waals surface area contributed by atoms with Crippen LogP contribution in [-0.4, -0.2) is 34.3 Å². The first-order valence-electron chi connectivity index (χ1n) is 6.22. The Kier molecular flexibility index (Phi) is 4.16. The Morgan fingerprint density at radius 2 is 2.32 bits per heavy atom. The van der Waals surface area contributed by atoms with E-state index in [1.165, 1.54) is 23.9 Å². The molecule has 0 aliphatic carbocycles. The molecule has 1 aliphatic heterocycles. The largest absolute Gasteiger partial charge is 0.376 e. The number of aromatic nitrogens is 2. The van der Waals surface area contributed by atoms with Gasteiger partial charge in [0.2, 0.25) is 5.91 Å². The fraction of sp³-hybridized carbons (Fsp3) is 0.583. The maximum Gasteiger partial charge on any atom is 0.331 e. The number of amides is 1. The highest BCUT2D eigenvalue weighted by molar-refractivity contribution is 5.75. The van der Waals surface area contributed by atoms with Gasteiger partial charge in [-0.1, -0.05) is 0 Å². The molecule has 1 amide bonds. The van der Waals surface area contributed by atoms with Crippen LogP contribution in [0.4, 0.5) is 0 Å². The van der Waals surface area contributed by atoms with Gasteiger partial charge in [0.05, 0.1) is 6.10 Å². The van der Waals surface area contributed by atoms with Crippen LogP contribution in [0.3, 0.4) is 0 Å². The summed E-state index contributed by atoms with van der Waals surface area (Å²) in [6.45, 7) is 1.10. The van der Waals surface area contributed by atoms with Gasteiger partial charge in [0, 0.05) is 32.5 Å². The van der Waals surface area contributed by atoms with Gasteiger partial charge in [-0.15, -0.1) is 0 Å². The van der Waals surface area contributed by atoms with Crippen LogP contribution in [-0.2, 0) is 23.1 Å². The second-order valence-electron chi connectivity index (χ2n) is 4.56. The van der Waals surface area contributed by atoms with E-state index < -0.39 is 5.69 Å². The summed E-state index contributed by atoms with van der Waals surface area (Å²) in [6, 6.07) is 1.26. The smallest absolute Gasteiger partial charge is 0.331 e. The van der Waals surface area contributed by atoms with Crippen molar-refractivity contribution in [2.45, 2.75) is 25.5 Å². The second-order valence-corrected chi connectivity index (χ2v) is 4.56. The van der Waals surface area contributed by atoms with E-state index in [0.29, 0.717) is 6.54 Å². The zero-order chi connectivity index (χ0) is 13.8. The van der Waals surface area contributed by atoms with E-state index in [0.717, 1.165) is 24.0 Å². The lowest BCUT2D eigenvalue weighted by atomic mass is 10.2. The average molecular weight is 267 g/mol. The molecule has 1 fully saturated rings. The molecular weight excluding hydrogens is 250 g/mol. The molecule has 1 saturated heterocycles. The van der Waals surface area contributed by atoms with Crippen molar-refractivity contribution in [3.8, 4) is 0 Å². The highest BCUT2D eigenvalue weighted by atomic mass is 16.5. The minimum absolute atomic E-state index is 0.0702. The first-order chi connectivity index (χ1) is 9.08. The van der Waals surface area contributed by atoms with Crippen molar-refractivity contribution in [2.75, 3.05) is 13.2 Å². The first-order valence-corrected chi connectivity index (χ1v) is 6.22. The van der Waals surface area contributed by atoms with Gasteiger partial charge in [-0.3, -0.25) is 18.7 Å². The lowest BCUT2D eigenvalue weighted by Crippen LogP contribution is -2.41. The number of hydrogen-bond acceptors (Lipinski definition) is 4. The number of carbonyl (C=O) groups excluding carboxylic acids is 1. The molecule has 1 aromatic rings.